The van der Waals surface area contributed by atoms with Crippen LogP contribution in [-0.4, -0.2) is 21.0 Å². The van der Waals surface area contributed by atoms with Crippen LogP contribution >= 0.6 is 0 Å². The number of hydrogen-bond acceptors (Lipinski definition) is 3. The van der Waals surface area contributed by atoms with Gasteiger partial charge < -0.3 is 5.73 Å². The quantitative estimate of drug-likeness (QED) is 0.892. The summed E-state index contributed by atoms with van der Waals surface area (Å²) in [5.74, 6) is -0.0298. The Balaban J connectivity index is 2.20. The molecule has 8 heteroatoms. The van der Waals surface area contributed by atoms with E-state index in [0.29, 0.717) is 0 Å². The Bertz CT molecular complexity index is 602. The van der Waals surface area contributed by atoms with Gasteiger partial charge in [0.2, 0.25) is 10.0 Å². The van der Waals surface area contributed by atoms with Crippen molar-refractivity contribution in [2.24, 2.45) is 11.7 Å². The third-order valence-corrected chi connectivity index (χ3v) is 5.22. The van der Waals surface area contributed by atoms with Crippen molar-refractivity contribution in [1.82, 2.24) is 4.72 Å². The lowest BCUT2D eigenvalue weighted by molar-refractivity contribution is -0.139. The molecular formula is C13H17F3N2O2S. The zero-order chi connectivity index (χ0) is 15.7. The number of nitrogens with two attached hydrogens (primary N) is 1. The minimum absolute atomic E-state index is 0.0298. The smallest absolute Gasteiger partial charge is 0.327 e. The topological polar surface area (TPSA) is 72.2 Å². The molecule has 0 radical (unpaired) electrons. The van der Waals surface area contributed by atoms with Gasteiger partial charge in [0.1, 0.15) is 0 Å². The average molecular weight is 322 g/mol. The highest BCUT2D eigenvalue weighted by atomic mass is 32.2. The molecule has 1 fully saturated rings. The summed E-state index contributed by atoms with van der Waals surface area (Å²) in [5, 5.41) is 0. The molecule has 1 aliphatic carbocycles. The first-order valence-corrected chi connectivity index (χ1v) is 8.11. The predicted octanol–water partition coefficient (Wildman–Crippen LogP) is 2.11. The number of alkyl halides is 3. The molecule has 1 aromatic rings. The Morgan fingerprint density at radius 3 is 2.48 bits per heavy atom. The van der Waals surface area contributed by atoms with Crippen LogP contribution in [-0.2, 0) is 16.2 Å². The van der Waals surface area contributed by atoms with E-state index in [-0.39, 0.29) is 18.5 Å². The molecule has 2 rings (SSSR count). The lowest BCUT2D eigenvalue weighted by Gasteiger charge is -2.18. The second kappa shape index (κ2) is 5.94. The van der Waals surface area contributed by atoms with Crippen LogP contribution in [0.5, 0.6) is 0 Å². The zero-order valence-corrected chi connectivity index (χ0v) is 12.0. The Labute approximate surface area is 121 Å². The molecule has 2 atom stereocenters. The fourth-order valence-electron chi connectivity index (χ4n) is 2.55. The Hall–Kier alpha value is -1.12. The van der Waals surface area contributed by atoms with E-state index in [1.165, 1.54) is 6.07 Å². The first-order valence-electron chi connectivity index (χ1n) is 6.63. The van der Waals surface area contributed by atoms with Crippen molar-refractivity contribution in [2.45, 2.75) is 36.4 Å². The summed E-state index contributed by atoms with van der Waals surface area (Å²) in [6.45, 7) is 0.0652. The number of benzene rings is 1. The first kappa shape index (κ1) is 16.3. The van der Waals surface area contributed by atoms with E-state index < -0.39 is 26.7 Å². The van der Waals surface area contributed by atoms with E-state index >= 15 is 0 Å². The average Bonchev–Trinajstić information content (AvgIpc) is 2.81. The molecule has 0 saturated heterocycles. The van der Waals surface area contributed by atoms with Gasteiger partial charge in [0.15, 0.2) is 0 Å². The van der Waals surface area contributed by atoms with Gasteiger partial charge >= 0.3 is 6.18 Å². The first-order chi connectivity index (χ1) is 9.72. The molecule has 21 heavy (non-hydrogen) atoms. The van der Waals surface area contributed by atoms with Crippen molar-refractivity contribution in [3.8, 4) is 0 Å². The van der Waals surface area contributed by atoms with Gasteiger partial charge in [0.05, 0.1) is 10.5 Å². The molecule has 1 aliphatic rings. The van der Waals surface area contributed by atoms with Gasteiger partial charge in [0.25, 0.3) is 0 Å². The van der Waals surface area contributed by atoms with E-state index in [4.69, 9.17) is 5.73 Å². The third-order valence-electron chi connectivity index (χ3n) is 3.74. The second-order valence-electron chi connectivity index (χ2n) is 5.20. The van der Waals surface area contributed by atoms with Gasteiger partial charge in [-0.3, -0.25) is 0 Å². The minimum Gasteiger partial charge on any atom is -0.327 e. The molecule has 0 amide bonds. The summed E-state index contributed by atoms with van der Waals surface area (Å²) in [6.07, 6.45) is -2.21. The molecule has 0 aromatic heterocycles. The van der Waals surface area contributed by atoms with Crippen LogP contribution in [0.25, 0.3) is 0 Å². The van der Waals surface area contributed by atoms with Crippen LogP contribution in [0.2, 0.25) is 0 Å². The lowest BCUT2D eigenvalue weighted by Crippen LogP contribution is -2.36. The summed E-state index contributed by atoms with van der Waals surface area (Å²) in [4.78, 5) is -0.746. The molecule has 1 aromatic carbocycles. The summed E-state index contributed by atoms with van der Waals surface area (Å²) in [6, 6.07) is 4.04. The molecule has 0 bridgehead atoms. The van der Waals surface area contributed by atoms with Gasteiger partial charge in [0, 0.05) is 12.6 Å². The molecule has 2 unspecified atom stereocenters. The Kier molecular flexibility index (Phi) is 4.60. The van der Waals surface area contributed by atoms with Crippen molar-refractivity contribution in [2.75, 3.05) is 6.54 Å². The molecule has 0 heterocycles. The lowest BCUT2D eigenvalue weighted by atomic mass is 10.1. The van der Waals surface area contributed by atoms with Crippen molar-refractivity contribution in [1.29, 1.82) is 0 Å². The number of nitrogens with one attached hydrogen (secondary N) is 1. The highest BCUT2D eigenvalue weighted by molar-refractivity contribution is 7.89. The van der Waals surface area contributed by atoms with Crippen LogP contribution in [0.15, 0.2) is 29.2 Å². The molecule has 0 spiro atoms. The van der Waals surface area contributed by atoms with Gasteiger partial charge in [-0.05, 0) is 30.9 Å². The standard InChI is InChI=1S/C13H17F3N2O2S/c14-13(15,16)10-5-1-2-7-12(10)21(19,20)18-8-9-4-3-6-11(9)17/h1-2,5,7,9,11,18H,3-4,6,8,17H2. The monoisotopic (exact) mass is 322 g/mol. The fourth-order valence-corrected chi connectivity index (χ4v) is 3.87. The molecule has 0 aliphatic heterocycles. The van der Waals surface area contributed by atoms with Gasteiger partial charge in [-0.25, -0.2) is 13.1 Å². The maximum absolute atomic E-state index is 12.9. The summed E-state index contributed by atoms with van der Waals surface area (Å²) in [7, 11) is -4.21. The van der Waals surface area contributed by atoms with Crippen molar-refractivity contribution < 1.29 is 21.6 Å². The third kappa shape index (κ3) is 3.75. The number of hydrogen-bond donors (Lipinski definition) is 2. The Morgan fingerprint density at radius 2 is 1.90 bits per heavy atom. The summed E-state index contributed by atoms with van der Waals surface area (Å²) >= 11 is 0. The fraction of sp³-hybridized carbons (Fsp3) is 0.538. The molecule has 118 valence electrons. The highest BCUT2D eigenvalue weighted by Gasteiger charge is 2.37. The highest BCUT2D eigenvalue weighted by Crippen LogP contribution is 2.34. The van der Waals surface area contributed by atoms with E-state index in [1.807, 2.05) is 0 Å². The number of halogens is 3. The SMILES string of the molecule is NC1CCCC1CNS(=O)(=O)c1ccccc1C(F)(F)F. The summed E-state index contributed by atoms with van der Waals surface area (Å²) in [5.41, 5.74) is 4.67. The van der Waals surface area contributed by atoms with Gasteiger partial charge in [-0.15, -0.1) is 0 Å². The number of sulfonamides is 1. The van der Waals surface area contributed by atoms with E-state index in [1.54, 1.807) is 0 Å². The molecular weight excluding hydrogens is 305 g/mol. The van der Waals surface area contributed by atoms with E-state index in [2.05, 4.69) is 4.72 Å². The van der Waals surface area contributed by atoms with Crippen molar-refractivity contribution >= 4 is 10.0 Å². The normalized spacial score (nSPS) is 23.4. The van der Waals surface area contributed by atoms with Crippen LogP contribution in [0.4, 0.5) is 13.2 Å². The largest absolute Gasteiger partial charge is 0.417 e. The van der Waals surface area contributed by atoms with Crippen molar-refractivity contribution in [3.63, 3.8) is 0 Å². The van der Waals surface area contributed by atoms with Gasteiger partial charge in [-0.1, -0.05) is 18.6 Å². The molecule has 1 saturated carbocycles. The second-order valence-corrected chi connectivity index (χ2v) is 6.94. The van der Waals surface area contributed by atoms with E-state index in [0.717, 1.165) is 37.5 Å². The van der Waals surface area contributed by atoms with Crippen LogP contribution < -0.4 is 10.5 Å². The van der Waals surface area contributed by atoms with Crippen molar-refractivity contribution in [3.05, 3.63) is 29.8 Å². The maximum Gasteiger partial charge on any atom is 0.417 e. The van der Waals surface area contributed by atoms with Crippen LogP contribution in [0, 0.1) is 5.92 Å². The Morgan fingerprint density at radius 1 is 1.24 bits per heavy atom. The minimum atomic E-state index is -4.71. The summed E-state index contributed by atoms with van der Waals surface area (Å²) < 4.78 is 65.1. The van der Waals surface area contributed by atoms with Crippen LogP contribution in [0.3, 0.4) is 0 Å². The van der Waals surface area contributed by atoms with E-state index in [9.17, 15) is 21.6 Å². The maximum atomic E-state index is 12.9. The molecule has 3 N–H and O–H groups in total. The van der Waals surface area contributed by atoms with Crippen LogP contribution in [0.1, 0.15) is 24.8 Å². The number of rotatable bonds is 4. The van der Waals surface area contributed by atoms with Gasteiger partial charge in [-0.2, -0.15) is 13.2 Å². The molecule has 4 nitrogen and oxygen atoms in total. The zero-order valence-electron chi connectivity index (χ0n) is 11.2. The predicted molar refractivity (Wildman–Crippen MR) is 71.9 cm³/mol.